The van der Waals surface area contributed by atoms with Crippen LogP contribution >= 0.6 is 0 Å². The van der Waals surface area contributed by atoms with Gasteiger partial charge in [0, 0.05) is 18.7 Å². The van der Waals surface area contributed by atoms with E-state index in [0.29, 0.717) is 17.8 Å². The third-order valence-electron chi connectivity index (χ3n) is 3.07. The topological polar surface area (TPSA) is 84.1 Å². The summed E-state index contributed by atoms with van der Waals surface area (Å²) in [5, 5.41) is 2.80. The minimum Gasteiger partial charge on any atom is -0.376 e. The molecule has 6 nitrogen and oxygen atoms in total. The highest BCUT2D eigenvalue weighted by Gasteiger charge is 2.16. The van der Waals surface area contributed by atoms with E-state index in [1.165, 1.54) is 6.33 Å². The van der Waals surface area contributed by atoms with Gasteiger partial charge in [0.25, 0.3) is 5.56 Å². The first kappa shape index (κ1) is 12.8. The van der Waals surface area contributed by atoms with Crippen LogP contribution in [-0.2, 0) is 16.0 Å². The molecule has 1 unspecified atom stereocenters. The minimum atomic E-state index is -0.202. The molecule has 1 aliphatic heterocycles. The Hall–Kier alpha value is -1.69. The monoisotopic (exact) mass is 251 g/mol. The van der Waals surface area contributed by atoms with E-state index in [0.717, 1.165) is 19.4 Å². The molecule has 6 heteroatoms. The number of nitrogens with one attached hydrogen (secondary N) is 2. The Morgan fingerprint density at radius 2 is 2.50 bits per heavy atom. The van der Waals surface area contributed by atoms with Gasteiger partial charge in [0.15, 0.2) is 0 Å². The van der Waals surface area contributed by atoms with Gasteiger partial charge in [-0.1, -0.05) is 0 Å². The van der Waals surface area contributed by atoms with E-state index in [4.69, 9.17) is 4.74 Å². The smallest absolute Gasteiger partial charge is 0.253 e. The fourth-order valence-corrected chi connectivity index (χ4v) is 1.93. The molecular weight excluding hydrogens is 234 g/mol. The Bertz CT molecular complexity index is 478. The summed E-state index contributed by atoms with van der Waals surface area (Å²) in [6, 6.07) is 0. The highest BCUT2D eigenvalue weighted by molar-refractivity contribution is 5.78. The van der Waals surface area contributed by atoms with Gasteiger partial charge in [0.05, 0.1) is 24.5 Å². The maximum absolute atomic E-state index is 11.7. The number of aromatic nitrogens is 2. The first-order valence-corrected chi connectivity index (χ1v) is 6.08. The Morgan fingerprint density at radius 3 is 3.22 bits per heavy atom. The third-order valence-corrected chi connectivity index (χ3v) is 3.07. The van der Waals surface area contributed by atoms with Gasteiger partial charge in [0.1, 0.15) is 0 Å². The van der Waals surface area contributed by atoms with Crippen molar-refractivity contribution in [1.29, 1.82) is 0 Å². The van der Waals surface area contributed by atoms with Crippen LogP contribution < -0.4 is 10.9 Å². The number of H-pyrrole nitrogens is 1. The molecule has 18 heavy (non-hydrogen) atoms. The predicted octanol–water partition coefficient (Wildman–Crippen LogP) is -0.0840. The SMILES string of the molecule is Cc1c(CC(=O)NCC2CCCO2)nc[nH]c1=O. The lowest BCUT2D eigenvalue weighted by Crippen LogP contribution is -2.33. The van der Waals surface area contributed by atoms with Crippen LogP contribution in [-0.4, -0.2) is 35.1 Å². The van der Waals surface area contributed by atoms with Crippen LogP contribution in [0.15, 0.2) is 11.1 Å². The average molecular weight is 251 g/mol. The standard InChI is InChI=1S/C12H17N3O3/c1-8-10(14-7-15-12(8)17)5-11(16)13-6-9-3-2-4-18-9/h7,9H,2-6H2,1H3,(H,13,16)(H,14,15,17). The van der Waals surface area contributed by atoms with Crippen LogP contribution in [0.25, 0.3) is 0 Å². The highest BCUT2D eigenvalue weighted by Crippen LogP contribution is 2.10. The molecule has 1 fully saturated rings. The highest BCUT2D eigenvalue weighted by atomic mass is 16.5. The summed E-state index contributed by atoms with van der Waals surface area (Å²) in [7, 11) is 0. The van der Waals surface area contributed by atoms with Gasteiger partial charge < -0.3 is 15.0 Å². The first-order chi connectivity index (χ1) is 8.66. The molecule has 98 valence electrons. The van der Waals surface area contributed by atoms with Crippen LogP contribution in [0.3, 0.4) is 0 Å². The number of rotatable bonds is 4. The quantitative estimate of drug-likeness (QED) is 0.783. The van der Waals surface area contributed by atoms with E-state index in [-0.39, 0.29) is 24.0 Å². The fourth-order valence-electron chi connectivity index (χ4n) is 1.93. The Labute approximate surface area is 105 Å². The van der Waals surface area contributed by atoms with Crippen molar-refractivity contribution in [3.63, 3.8) is 0 Å². The molecule has 0 aliphatic carbocycles. The van der Waals surface area contributed by atoms with E-state index < -0.39 is 0 Å². The number of ether oxygens (including phenoxy) is 1. The van der Waals surface area contributed by atoms with E-state index in [9.17, 15) is 9.59 Å². The fraction of sp³-hybridized carbons (Fsp3) is 0.583. The van der Waals surface area contributed by atoms with Gasteiger partial charge >= 0.3 is 0 Å². The Balaban J connectivity index is 1.86. The van der Waals surface area contributed by atoms with Crippen molar-refractivity contribution in [1.82, 2.24) is 15.3 Å². The molecule has 1 saturated heterocycles. The van der Waals surface area contributed by atoms with Gasteiger partial charge in [-0.2, -0.15) is 0 Å². The molecule has 0 radical (unpaired) electrons. The minimum absolute atomic E-state index is 0.127. The van der Waals surface area contributed by atoms with Crippen molar-refractivity contribution in [3.05, 3.63) is 27.9 Å². The number of carbonyl (C=O) groups is 1. The van der Waals surface area contributed by atoms with Crippen molar-refractivity contribution in [2.24, 2.45) is 0 Å². The van der Waals surface area contributed by atoms with Crippen LogP contribution in [0.4, 0.5) is 0 Å². The molecule has 1 atom stereocenters. The molecule has 1 aromatic heterocycles. The lowest BCUT2D eigenvalue weighted by Gasteiger charge is -2.10. The van der Waals surface area contributed by atoms with Crippen LogP contribution in [0.5, 0.6) is 0 Å². The zero-order chi connectivity index (χ0) is 13.0. The van der Waals surface area contributed by atoms with Crippen molar-refractivity contribution in [3.8, 4) is 0 Å². The number of amides is 1. The maximum atomic E-state index is 11.7. The molecule has 1 aliphatic rings. The van der Waals surface area contributed by atoms with Crippen molar-refractivity contribution < 1.29 is 9.53 Å². The number of hydrogen-bond acceptors (Lipinski definition) is 4. The largest absolute Gasteiger partial charge is 0.376 e. The van der Waals surface area contributed by atoms with Crippen LogP contribution in [0, 0.1) is 6.92 Å². The lowest BCUT2D eigenvalue weighted by atomic mass is 10.2. The molecule has 1 amide bonds. The summed E-state index contributed by atoms with van der Waals surface area (Å²) in [5.41, 5.74) is 0.806. The number of nitrogens with zero attached hydrogens (tertiary/aromatic N) is 1. The van der Waals surface area contributed by atoms with Crippen molar-refractivity contribution in [2.45, 2.75) is 32.3 Å². The van der Waals surface area contributed by atoms with Gasteiger partial charge in [-0.05, 0) is 19.8 Å². The zero-order valence-electron chi connectivity index (χ0n) is 10.4. The van der Waals surface area contributed by atoms with Crippen molar-refractivity contribution in [2.75, 3.05) is 13.2 Å². The summed E-state index contributed by atoms with van der Waals surface area (Å²) in [6.07, 6.45) is 3.61. The molecule has 1 aromatic rings. The van der Waals surface area contributed by atoms with E-state index >= 15 is 0 Å². The summed E-state index contributed by atoms with van der Waals surface area (Å²) >= 11 is 0. The van der Waals surface area contributed by atoms with Gasteiger partial charge in [-0.3, -0.25) is 9.59 Å². The molecule has 2 rings (SSSR count). The van der Waals surface area contributed by atoms with Crippen molar-refractivity contribution >= 4 is 5.91 Å². The molecule has 0 spiro atoms. The first-order valence-electron chi connectivity index (χ1n) is 6.08. The van der Waals surface area contributed by atoms with E-state index in [1.807, 2.05) is 0 Å². The summed E-state index contributed by atoms with van der Waals surface area (Å²) in [5.74, 6) is -0.133. The second-order valence-electron chi connectivity index (χ2n) is 4.42. The number of carbonyl (C=O) groups excluding carboxylic acids is 1. The molecular formula is C12H17N3O3. The maximum Gasteiger partial charge on any atom is 0.253 e. The molecule has 0 bridgehead atoms. The van der Waals surface area contributed by atoms with Crippen LogP contribution in [0.1, 0.15) is 24.1 Å². The normalized spacial score (nSPS) is 18.8. The number of hydrogen-bond donors (Lipinski definition) is 2. The Morgan fingerprint density at radius 1 is 1.67 bits per heavy atom. The molecule has 0 saturated carbocycles. The summed E-state index contributed by atoms with van der Waals surface area (Å²) < 4.78 is 5.41. The predicted molar refractivity (Wildman–Crippen MR) is 65.3 cm³/mol. The second-order valence-corrected chi connectivity index (χ2v) is 4.42. The van der Waals surface area contributed by atoms with Gasteiger partial charge in [-0.25, -0.2) is 4.98 Å². The van der Waals surface area contributed by atoms with Crippen LogP contribution in [0.2, 0.25) is 0 Å². The van der Waals surface area contributed by atoms with E-state index in [1.54, 1.807) is 6.92 Å². The second kappa shape index (κ2) is 5.77. The van der Waals surface area contributed by atoms with Gasteiger partial charge in [0.2, 0.25) is 5.91 Å². The average Bonchev–Trinajstić information content (AvgIpc) is 2.86. The third kappa shape index (κ3) is 3.16. The number of aromatic amines is 1. The Kier molecular flexibility index (Phi) is 4.09. The summed E-state index contributed by atoms with van der Waals surface area (Å²) in [6.45, 7) is 2.96. The molecule has 2 heterocycles. The van der Waals surface area contributed by atoms with Gasteiger partial charge in [-0.15, -0.1) is 0 Å². The molecule has 2 N–H and O–H groups in total. The lowest BCUT2D eigenvalue weighted by molar-refractivity contribution is -0.121. The van der Waals surface area contributed by atoms with E-state index in [2.05, 4.69) is 15.3 Å². The zero-order valence-corrected chi connectivity index (χ0v) is 10.4. The molecule has 0 aromatic carbocycles. The summed E-state index contributed by atoms with van der Waals surface area (Å²) in [4.78, 5) is 29.5.